The molecular formula is C25H22ClNO. The lowest BCUT2D eigenvalue weighted by Gasteiger charge is -2.25. The van der Waals surface area contributed by atoms with Crippen LogP contribution in [-0.4, -0.2) is 5.91 Å². The van der Waals surface area contributed by atoms with E-state index in [0.717, 1.165) is 16.8 Å². The van der Waals surface area contributed by atoms with Crippen molar-refractivity contribution in [2.24, 2.45) is 0 Å². The minimum absolute atomic E-state index is 0.0685. The van der Waals surface area contributed by atoms with Gasteiger partial charge in [0.1, 0.15) is 0 Å². The van der Waals surface area contributed by atoms with Crippen LogP contribution in [0.5, 0.6) is 0 Å². The number of halogens is 1. The van der Waals surface area contributed by atoms with Crippen molar-refractivity contribution in [1.29, 1.82) is 0 Å². The minimum atomic E-state index is -0.147. The molecule has 28 heavy (non-hydrogen) atoms. The second-order valence-electron chi connectivity index (χ2n) is 7.22. The summed E-state index contributed by atoms with van der Waals surface area (Å²) in [4.78, 5) is 15.2. The molecule has 1 aliphatic heterocycles. The summed E-state index contributed by atoms with van der Waals surface area (Å²) in [6.07, 6.45) is 2.81. The molecule has 0 aromatic heterocycles. The Balaban J connectivity index is 1.69. The summed E-state index contributed by atoms with van der Waals surface area (Å²) in [5.41, 5.74) is 4.02. The van der Waals surface area contributed by atoms with Gasteiger partial charge in [-0.1, -0.05) is 79.2 Å². The summed E-state index contributed by atoms with van der Waals surface area (Å²) in [6, 6.07) is 27.8. The van der Waals surface area contributed by atoms with Crippen LogP contribution in [0.15, 0.2) is 96.6 Å². The van der Waals surface area contributed by atoms with E-state index < -0.39 is 0 Å². The standard InChI is InChI=1S/C25H22ClNO/c1-18(19-9-4-2-5-10-19)15-21-17-24(20-11-8-12-22(26)16-20)27(25(21)28)23-13-6-3-7-14-23/h2-14,16-18,24H,15H2,1H3/t18-,24-/m0/s1. The molecule has 1 heterocycles. The Kier molecular flexibility index (Phi) is 5.31. The second kappa shape index (κ2) is 8.04. The molecular weight excluding hydrogens is 366 g/mol. The van der Waals surface area contributed by atoms with E-state index >= 15 is 0 Å². The predicted molar refractivity (Wildman–Crippen MR) is 116 cm³/mol. The number of hydrogen-bond acceptors (Lipinski definition) is 1. The highest BCUT2D eigenvalue weighted by atomic mass is 35.5. The Labute approximate surface area is 171 Å². The van der Waals surface area contributed by atoms with Crippen LogP contribution in [0.25, 0.3) is 0 Å². The number of anilines is 1. The fourth-order valence-electron chi connectivity index (χ4n) is 3.80. The lowest BCUT2D eigenvalue weighted by molar-refractivity contribution is -0.115. The number of rotatable bonds is 5. The number of hydrogen-bond donors (Lipinski definition) is 0. The van der Waals surface area contributed by atoms with Crippen LogP contribution in [0.4, 0.5) is 5.69 Å². The molecule has 3 aromatic carbocycles. The van der Waals surface area contributed by atoms with Gasteiger partial charge in [0.05, 0.1) is 6.04 Å². The third-order valence-corrected chi connectivity index (χ3v) is 5.49. The highest BCUT2D eigenvalue weighted by Gasteiger charge is 2.34. The maximum Gasteiger partial charge on any atom is 0.254 e. The van der Waals surface area contributed by atoms with Crippen LogP contribution in [0.1, 0.15) is 36.4 Å². The summed E-state index contributed by atoms with van der Waals surface area (Å²) in [5.74, 6) is 0.339. The maximum atomic E-state index is 13.4. The van der Waals surface area contributed by atoms with Gasteiger partial charge < -0.3 is 0 Å². The fourth-order valence-corrected chi connectivity index (χ4v) is 4.00. The van der Waals surface area contributed by atoms with Gasteiger partial charge in [-0.15, -0.1) is 0 Å². The molecule has 3 heteroatoms. The Morgan fingerprint density at radius 2 is 1.61 bits per heavy atom. The molecule has 3 aromatic rings. The van der Waals surface area contributed by atoms with Crippen molar-refractivity contribution in [3.05, 3.63) is 113 Å². The SMILES string of the molecule is C[C@@H](CC1=C[C@@H](c2cccc(Cl)c2)N(c2ccccc2)C1=O)c1ccccc1. The van der Waals surface area contributed by atoms with E-state index in [1.54, 1.807) is 0 Å². The first-order valence-corrected chi connectivity index (χ1v) is 9.91. The van der Waals surface area contributed by atoms with Gasteiger partial charge in [-0.3, -0.25) is 9.69 Å². The van der Waals surface area contributed by atoms with Crippen molar-refractivity contribution in [3.63, 3.8) is 0 Å². The first kappa shape index (κ1) is 18.5. The molecule has 1 aliphatic rings. The Hall–Kier alpha value is -2.84. The molecule has 0 bridgehead atoms. The van der Waals surface area contributed by atoms with Crippen molar-refractivity contribution in [2.45, 2.75) is 25.3 Å². The smallest absolute Gasteiger partial charge is 0.254 e. The van der Waals surface area contributed by atoms with Crippen molar-refractivity contribution < 1.29 is 4.79 Å². The third-order valence-electron chi connectivity index (χ3n) is 5.25. The molecule has 140 valence electrons. The summed E-state index contributed by atoms with van der Waals surface area (Å²) in [6.45, 7) is 2.17. The topological polar surface area (TPSA) is 20.3 Å². The fraction of sp³-hybridized carbons (Fsp3) is 0.160. The van der Waals surface area contributed by atoms with E-state index in [1.165, 1.54) is 5.56 Å². The number of benzene rings is 3. The van der Waals surface area contributed by atoms with Crippen molar-refractivity contribution in [1.82, 2.24) is 0 Å². The quantitative estimate of drug-likeness (QED) is 0.486. The van der Waals surface area contributed by atoms with Gasteiger partial charge in [-0.05, 0) is 53.8 Å². The zero-order chi connectivity index (χ0) is 19.5. The molecule has 2 atom stereocenters. The Morgan fingerprint density at radius 1 is 0.929 bits per heavy atom. The highest BCUT2D eigenvalue weighted by molar-refractivity contribution is 6.30. The lowest BCUT2D eigenvalue weighted by Crippen LogP contribution is -2.29. The number of carbonyl (C=O) groups is 1. The summed E-state index contributed by atoms with van der Waals surface area (Å²) in [7, 11) is 0. The molecule has 0 unspecified atom stereocenters. The monoisotopic (exact) mass is 387 g/mol. The van der Waals surface area contributed by atoms with Gasteiger partial charge in [-0.2, -0.15) is 0 Å². The number of amides is 1. The molecule has 0 N–H and O–H groups in total. The molecule has 0 saturated carbocycles. The molecule has 4 rings (SSSR count). The van der Waals surface area contributed by atoms with E-state index in [2.05, 4.69) is 25.1 Å². The molecule has 0 fully saturated rings. The largest absolute Gasteiger partial charge is 0.298 e. The van der Waals surface area contributed by atoms with Gasteiger partial charge in [-0.25, -0.2) is 0 Å². The average molecular weight is 388 g/mol. The van der Waals surface area contributed by atoms with Gasteiger partial charge in [0.2, 0.25) is 0 Å². The molecule has 0 saturated heterocycles. The van der Waals surface area contributed by atoms with Crippen LogP contribution in [0.3, 0.4) is 0 Å². The second-order valence-corrected chi connectivity index (χ2v) is 7.65. The van der Waals surface area contributed by atoms with Crippen LogP contribution < -0.4 is 4.90 Å². The number of carbonyl (C=O) groups excluding carboxylic acids is 1. The van der Waals surface area contributed by atoms with Gasteiger partial charge in [0, 0.05) is 16.3 Å². The van der Waals surface area contributed by atoms with Crippen molar-refractivity contribution in [3.8, 4) is 0 Å². The van der Waals surface area contributed by atoms with E-state index in [0.29, 0.717) is 11.4 Å². The first-order valence-electron chi connectivity index (χ1n) is 9.53. The van der Waals surface area contributed by atoms with Crippen molar-refractivity contribution in [2.75, 3.05) is 4.90 Å². The Morgan fingerprint density at radius 3 is 2.29 bits per heavy atom. The molecule has 0 aliphatic carbocycles. The zero-order valence-corrected chi connectivity index (χ0v) is 16.5. The van der Waals surface area contributed by atoms with Crippen LogP contribution in [-0.2, 0) is 4.79 Å². The number of para-hydroxylation sites is 1. The van der Waals surface area contributed by atoms with Gasteiger partial charge in [0.25, 0.3) is 5.91 Å². The van der Waals surface area contributed by atoms with Gasteiger partial charge in [0.15, 0.2) is 0 Å². The molecule has 0 spiro atoms. The lowest BCUT2D eigenvalue weighted by atomic mass is 9.93. The van der Waals surface area contributed by atoms with E-state index in [9.17, 15) is 4.79 Å². The van der Waals surface area contributed by atoms with E-state index in [4.69, 9.17) is 11.6 Å². The normalized spacial score (nSPS) is 17.5. The predicted octanol–water partition coefficient (Wildman–Crippen LogP) is 6.55. The molecule has 2 nitrogen and oxygen atoms in total. The first-order chi connectivity index (χ1) is 13.6. The van der Waals surface area contributed by atoms with Crippen LogP contribution in [0, 0.1) is 0 Å². The summed E-state index contributed by atoms with van der Waals surface area (Å²) in [5, 5.41) is 0.678. The van der Waals surface area contributed by atoms with Crippen LogP contribution >= 0.6 is 11.6 Å². The van der Waals surface area contributed by atoms with Gasteiger partial charge >= 0.3 is 0 Å². The summed E-state index contributed by atoms with van der Waals surface area (Å²) < 4.78 is 0. The maximum absolute atomic E-state index is 13.4. The third kappa shape index (κ3) is 3.74. The minimum Gasteiger partial charge on any atom is -0.298 e. The molecule has 0 radical (unpaired) electrons. The van der Waals surface area contributed by atoms with Crippen molar-refractivity contribution >= 4 is 23.2 Å². The van der Waals surface area contributed by atoms with Crippen LogP contribution in [0.2, 0.25) is 5.02 Å². The summed E-state index contributed by atoms with van der Waals surface area (Å²) >= 11 is 6.23. The van der Waals surface area contributed by atoms with E-state index in [-0.39, 0.29) is 17.9 Å². The zero-order valence-electron chi connectivity index (χ0n) is 15.8. The average Bonchev–Trinajstić information content (AvgIpc) is 3.05. The molecule has 1 amide bonds. The van der Waals surface area contributed by atoms with E-state index in [1.807, 2.05) is 77.7 Å². The Bertz CT molecular complexity index is 997. The number of nitrogens with zero attached hydrogens (tertiary/aromatic N) is 1. The highest BCUT2D eigenvalue weighted by Crippen LogP contribution is 2.39.